The molecule has 0 aromatic carbocycles. The molecule has 106 valence electrons. The summed E-state index contributed by atoms with van der Waals surface area (Å²) >= 11 is 0. The Kier molecular flexibility index (Phi) is 6.02. The van der Waals surface area contributed by atoms with Gasteiger partial charge in [-0.1, -0.05) is 0 Å². The number of hydrogen-bond acceptors (Lipinski definition) is 3. The second-order valence-corrected chi connectivity index (χ2v) is 3.71. The van der Waals surface area contributed by atoms with Crippen LogP contribution in [0, 0.1) is 0 Å². The number of halogens is 4. The average molecular weight is 274 g/mol. The molecule has 1 heterocycles. The molecular formula is C9H14F4N2O3. The molecule has 9 heteroatoms. The number of alkyl halides is 4. The van der Waals surface area contributed by atoms with Crippen LogP contribution in [0.3, 0.4) is 0 Å². The highest BCUT2D eigenvalue weighted by Crippen LogP contribution is 2.17. The second kappa shape index (κ2) is 6.53. The summed E-state index contributed by atoms with van der Waals surface area (Å²) < 4.78 is 44.4. The number of carbonyl (C=O) groups excluding carboxylic acids is 1. The highest BCUT2D eigenvalue weighted by Gasteiger charge is 2.38. The van der Waals surface area contributed by atoms with Crippen LogP contribution >= 0.6 is 0 Å². The number of hydrogen-bond donors (Lipinski definition) is 2. The van der Waals surface area contributed by atoms with Gasteiger partial charge in [-0.05, 0) is 7.05 Å². The monoisotopic (exact) mass is 274 g/mol. The number of aliphatic carboxylic acids is 1. The molecule has 2 N–H and O–H groups in total. The molecule has 0 saturated carbocycles. The van der Waals surface area contributed by atoms with Crippen molar-refractivity contribution in [3.05, 3.63) is 0 Å². The van der Waals surface area contributed by atoms with Crippen molar-refractivity contribution in [2.24, 2.45) is 0 Å². The first-order chi connectivity index (χ1) is 8.09. The van der Waals surface area contributed by atoms with E-state index in [1.165, 1.54) is 0 Å². The molecule has 18 heavy (non-hydrogen) atoms. The first kappa shape index (κ1) is 16.6. The van der Waals surface area contributed by atoms with E-state index in [-0.39, 0.29) is 11.9 Å². The summed E-state index contributed by atoms with van der Waals surface area (Å²) in [5.74, 6) is -2.85. The molecule has 1 unspecified atom stereocenters. The van der Waals surface area contributed by atoms with Crippen LogP contribution in [0.5, 0.6) is 0 Å². The van der Waals surface area contributed by atoms with Crippen LogP contribution in [-0.2, 0) is 9.59 Å². The molecule has 1 rings (SSSR count). The summed E-state index contributed by atoms with van der Waals surface area (Å²) in [7, 11) is 3.33. The van der Waals surface area contributed by atoms with E-state index in [2.05, 4.69) is 5.32 Å². The molecule has 5 nitrogen and oxygen atoms in total. The molecule has 0 spiro atoms. The summed E-state index contributed by atoms with van der Waals surface area (Å²) in [6, 6.07) is -0.269. The van der Waals surface area contributed by atoms with Gasteiger partial charge in [0.2, 0.25) is 5.91 Å². The number of nitrogens with one attached hydrogen (secondary N) is 1. The van der Waals surface area contributed by atoms with Crippen molar-refractivity contribution in [2.75, 3.05) is 20.6 Å². The number of amides is 1. The lowest BCUT2D eigenvalue weighted by Gasteiger charge is -2.16. The number of rotatable bonds is 1. The van der Waals surface area contributed by atoms with Gasteiger partial charge >= 0.3 is 12.1 Å². The molecule has 0 aliphatic carbocycles. The molecule has 0 radical (unpaired) electrons. The molecule has 1 fully saturated rings. The van der Waals surface area contributed by atoms with Crippen molar-refractivity contribution in [1.82, 2.24) is 10.2 Å². The lowest BCUT2D eigenvalue weighted by Crippen LogP contribution is -2.39. The van der Waals surface area contributed by atoms with Gasteiger partial charge in [-0.15, -0.1) is 0 Å². The molecule has 0 aromatic rings. The Hall–Kier alpha value is -1.38. The Morgan fingerprint density at radius 1 is 1.39 bits per heavy atom. The zero-order valence-electron chi connectivity index (χ0n) is 9.79. The van der Waals surface area contributed by atoms with E-state index in [1.54, 1.807) is 19.0 Å². The van der Waals surface area contributed by atoms with Gasteiger partial charge in [-0.2, -0.15) is 13.2 Å². The topological polar surface area (TPSA) is 69.6 Å². The summed E-state index contributed by atoms with van der Waals surface area (Å²) in [6.45, 7) is 0.373. The number of likely N-dealkylation sites (tertiary alicyclic amines) is 1. The third-order valence-corrected chi connectivity index (χ3v) is 2.29. The number of nitrogens with zero attached hydrogens (tertiary/aromatic N) is 1. The zero-order chi connectivity index (χ0) is 14.5. The minimum Gasteiger partial charge on any atom is -0.475 e. The van der Waals surface area contributed by atoms with Crippen LogP contribution in [0.4, 0.5) is 17.6 Å². The molecule has 1 aliphatic rings. The summed E-state index contributed by atoms with van der Waals surface area (Å²) in [5, 5.41) is 9.64. The van der Waals surface area contributed by atoms with E-state index in [1.807, 2.05) is 0 Å². The Morgan fingerprint density at radius 3 is 2.06 bits per heavy atom. The number of likely N-dealkylation sites (N-methyl/N-ethyl adjacent to an activating group) is 2. The summed E-state index contributed by atoms with van der Waals surface area (Å²) in [6.07, 6.45) is -5.60. The normalized spacial score (nSPS) is 24.1. The summed E-state index contributed by atoms with van der Waals surface area (Å²) in [5.41, 5.74) is 0. The molecule has 0 aromatic heterocycles. The predicted molar refractivity (Wildman–Crippen MR) is 53.7 cm³/mol. The van der Waals surface area contributed by atoms with E-state index in [0.29, 0.717) is 13.0 Å². The maximum atomic E-state index is 12.7. The van der Waals surface area contributed by atoms with Crippen LogP contribution < -0.4 is 5.32 Å². The van der Waals surface area contributed by atoms with Crippen molar-refractivity contribution in [2.45, 2.75) is 24.8 Å². The minimum absolute atomic E-state index is 0.0901. The van der Waals surface area contributed by atoms with Crippen molar-refractivity contribution in [3.8, 4) is 0 Å². The molecule has 1 saturated heterocycles. The third kappa shape index (κ3) is 5.30. The van der Waals surface area contributed by atoms with E-state index in [4.69, 9.17) is 9.90 Å². The van der Waals surface area contributed by atoms with Crippen molar-refractivity contribution in [1.29, 1.82) is 0 Å². The van der Waals surface area contributed by atoms with Crippen LogP contribution in [-0.4, -0.2) is 60.9 Å². The average Bonchev–Trinajstić information content (AvgIpc) is 2.56. The Bertz CT molecular complexity index is 309. The van der Waals surface area contributed by atoms with Gasteiger partial charge in [0.1, 0.15) is 6.17 Å². The molecule has 1 amide bonds. The van der Waals surface area contributed by atoms with E-state index in [9.17, 15) is 22.4 Å². The number of carboxylic acids is 1. The first-order valence-corrected chi connectivity index (χ1v) is 4.95. The Balaban J connectivity index is 0.000000360. The minimum atomic E-state index is -5.08. The Morgan fingerprint density at radius 2 is 1.83 bits per heavy atom. The quantitative estimate of drug-likeness (QED) is 0.679. The fourth-order valence-electron chi connectivity index (χ4n) is 1.41. The number of carbonyl (C=O) groups is 2. The molecule has 0 bridgehead atoms. The van der Waals surface area contributed by atoms with Crippen molar-refractivity contribution >= 4 is 11.9 Å². The molecule has 2 atom stereocenters. The van der Waals surface area contributed by atoms with E-state index >= 15 is 0 Å². The predicted octanol–water partition coefficient (Wildman–Crippen LogP) is 0.408. The highest BCUT2D eigenvalue weighted by atomic mass is 19.4. The largest absolute Gasteiger partial charge is 0.490 e. The van der Waals surface area contributed by atoms with Crippen LogP contribution in [0.25, 0.3) is 0 Å². The first-order valence-electron chi connectivity index (χ1n) is 4.95. The van der Waals surface area contributed by atoms with Crippen molar-refractivity contribution < 1.29 is 32.3 Å². The zero-order valence-corrected chi connectivity index (χ0v) is 9.79. The highest BCUT2D eigenvalue weighted by molar-refractivity contribution is 5.81. The molecular weight excluding hydrogens is 260 g/mol. The second-order valence-electron chi connectivity index (χ2n) is 3.71. The fourth-order valence-corrected chi connectivity index (χ4v) is 1.41. The van der Waals surface area contributed by atoms with Gasteiger partial charge in [-0.25, -0.2) is 9.18 Å². The maximum Gasteiger partial charge on any atom is 0.490 e. The van der Waals surface area contributed by atoms with E-state index < -0.39 is 18.3 Å². The standard InChI is InChI=1S/C7H13FN2O.C2HF3O2/c1-9-7(11)6-3-5(8)4-10(6)2;3-2(4,5)1(6)7/h5-6H,3-4H2,1-2H3,(H,9,11);(H,6,7)/t5?,6-;/m1./s1. The smallest absolute Gasteiger partial charge is 0.475 e. The van der Waals surface area contributed by atoms with Crippen LogP contribution in [0.15, 0.2) is 0 Å². The van der Waals surface area contributed by atoms with Gasteiger partial charge in [0.05, 0.1) is 6.04 Å². The van der Waals surface area contributed by atoms with Crippen molar-refractivity contribution in [3.63, 3.8) is 0 Å². The lowest BCUT2D eigenvalue weighted by atomic mass is 10.2. The Labute approximate surface area is 101 Å². The number of carboxylic acid groups (broad SMARTS) is 1. The molecule has 1 aliphatic heterocycles. The van der Waals surface area contributed by atoms with Gasteiger partial charge in [0.15, 0.2) is 0 Å². The lowest BCUT2D eigenvalue weighted by molar-refractivity contribution is -0.192. The SMILES string of the molecule is CNC(=O)[C@H]1CC(F)CN1C.O=C(O)C(F)(F)F. The third-order valence-electron chi connectivity index (χ3n) is 2.29. The van der Waals surface area contributed by atoms with Crippen LogP contribution in [0.2, 0.25) is 0 Å². The van der Waals surface area contributed by atoms with Gasteiger partial charge in [0.25, 0.3) is 0 Å². The summed E-state index contributed by atoms with van der Waals surface area (Å²) in [4.78, 5) is 21.7. The van der Waals surface area contributed by atoms with Gasteiger partial charge < -0.3 is 10.4 Å². The van der Waals surface area contributed by atoms with Gasteiger partial charge in [-0.3, -0.25) is 9.69 Å². The maximum absolute atomic E-state index is 12.7. The fraction of sp³-hybridized carbons (Fsp3) is 0.778. The van der Waals surface area contributed by atoms with Gasteiger partial charge in [0, 0.05) is 20.0 Å². The van der Waals surface area contributed by atoms with Crippen LogP contribution in [0.1, 0.15) is 6.42 Å². The van der Waals surface area contributed by atoms with E-state index in [0.717, 1.165) is 0 Å².